The number of thiocarbonyl (C=S) groups is 1. The Kier molecular flexibility index (Phi) is 4.42. The molecule has 1 aromatic rings. The van der Waals surface area contributed by atoms with Gasteiger partial charge in [0.25, 0.3) is 0 Å². The van der Waals surface area contributed by atoms with Crippen LogP contribution in [-0.4, -0.2) is 16.4 Å². The monoisotopic (exact) mass is 297 g/mol. The number of rotatable bonds is 5. The summed E-state index contributed by atoms with van der Waals surface area (Å²) >= 11 is 5.05. The highest BCUT2D eigenvalue weighted by molar-refractivity contribution is 7.80. The van der Waals surface area contributed by atoms with Crippen LogP contribution in [-0.2, 0) is 16.1 Å². The van der Waals surface area contributed by atoms with Gasteiger partial charge in [0.05, 0.1) is 6.61 Å². The van der Waals surface area contributed by atoms with Crippen molar-refractivity contribution in [2.45, 2.75) is 51.1 Å². The highest BCUT2D eigenvalue weighted by atomic mass is 32.1. The van der Waals surface area contributed by atoms with Crippen LogP contribution in [0.1, 0.15) is 38.7 Å². The molecule has 0 aromatic heterocycles. The first-order chi connectivity index (χ1) is 9.41. The lowest BCUT2D eigenvalue weighted by Crippen LogP contribution is -2.43. The number of halogens is 1. The predicted octanol–water partition coefficient (Wildman–Crippen LogP) is 3.30. The Morgan fingerprint density at radius 2 is 2.15 bits per heavy atom. The van der Waals surface area contributed by atoms with Gasteiger partial charge in [-0.15, -0.1) is 0 Å². The summed E-state index contributed by atoms with van der Waals surface area (Å²) in [6, 6.07) is 6.58. The van der Waals surface area contributed by atoms with Crippen LogP contribution in [0.5, 0.6) is 0 Å². The van der Waals surface area contributed by atoms with Gasteiger partial charge in [0.1, 0.15) is 16.4 Å². The van der Waals surface area contributed by atoms with E-state index in [-0.39, 0.29) is 12.4 Å². The third kappa shape index (κ3) is 3.00. The second-order valence-corrected chi connectivity index (χ2v) is 5.78. The van der Waals surface area contributed by atoms with E-state index >= 15 is 0 Å². The van der Waals surface area contributed by atoms with Crippen LogP contribution in [0.4, 0.5) is 4.39 Å². The molecule has 0 aliphatic carbocycles. The minimum Gasteiger partial charge on any atom is -0.391 e. The van der Waals surface area contributed by atoms with E-state index in [0.717, 1.165) is 0 Å². The van der Waals surface area contributed by atoms with Crippen LogP contribution in [0, 0.1) is 5.82 Å². The maximum Gasteiger partial charge on any atom is 0.169 e. The topological polar surface area (TPSA) is 44.5 Å². The molecule has 5 heteroatoms. The van der Waals surface area contributed by atoms with Gasteiger partial charge in [-0.3, -0.25) is 0 Å². The third-order valence-electron chi connectivity index (χ3n) is 3.90. The molecule has 1 fully saturated rings. The van der Waals surface area contributed by atoms with E-state index in [1.807, 2.05) is 13.8 Å². The normalized spacial score (nSPS) is 29.6. The van der Waals surface area contributed by atoms with E-state index in [2.05, 4.69) is 0 Å². The lowest BCUT2D eigenvalue weighted by molar-refractivity contribution is -0.242. The molecule has 2 unspecified atom stereocenters. The zero-order valence-corrected chi connectivity index (χ0v) is 12.6. The molecular formula is C15H20FNO2S. The van der Waals surface area contributed by atoms with Gasteiger partial charge < -0.3 is 15.2 Å². The smallest absolute Gasteiger partial charge is 0.169 e. The average Bonchev–Trinajstić information content (AvgIpc) is 2.78. The molecule has 0 radical (unpaired) electrons. The van der Waals surface area contributed by atoms with Gasteiger partial charge in [-0.25, -0.2) is 4.39 Å². The molecule has 1 saturated heterocycles. The zero-order valence-electron chi connectivity index (χ0n) is 11.8. The SMILES string of the molecule is CCC1(OCc2ccccc2F)CCC(C)(C(N)=S)O1. The Balaban J connectivity index is 2.07. The largest absolute Gasteiger partial charge is 0.391 e. The molecule has 2 rings (SSSR count). The van der Waals surface area contributed by atoms with Gasteiger partial charge in [-0.2, -0.15) is 0 Å². The van der Waals surface area contributed by atoms with Crippen molar-refractivity contribution >= 4 is 17.2 Å². The first-order valence-electron chi connectivity index (χ1n) is 6.78. The molecule has 0 saturated carbocycles. The highest BCUT2D eigenvalue weighted by Gasteiger charge is 2.48. The summed E-state index contributed by atoms with van der Waals surface area (Å²) in [6.07, 6.45) is 2.08. The van der Waals surface area contributed by atoms with Crippen LogP contribution in [0.25, 0.3) is 0 Å². The number of hydrogen-bond acceptors (Lipinski definition) is 3. The second-order valence-electron chi connectivity index (χ2n) is 5.34. The fraction of sp³-hybridized carbons (Fsp3) is 0.533. The summed E-state index contributed by atoms with van der Waals surface area (Å²) in [5.74, 6) is -1.01. The Hall–Kier alpha value is -1.04. The van der Waals surface area contributed by atoms with Crippen molar-refractivity contribution < 1.29 is 13.9 Å². The molecule has 110 valence electrons. The second kappa shape index (κ2) is 5.76. The van der Waals surface area contributed by atoms with Crippen molar-refractivity contribution in [1.29, 1.82) is 0 Å². The summed E-state index contributed by atoms with van der Waals surface area (Å²) < 4.78 is 25.5. The van der Waals surface area contributed by atoms with E-state index in [1.54, 1.807) is 18.2 Å². The molecule has 0 bridgehead atoms. The van der Waals surface area contributed by atoms with E-state index < -0.39 is 11.4 Å². The van der Waals surface area contributed by atoms with Gasteiger partial charge >= 0.3 is 0 Å². The van der Waals surface area contributed by atoms with Crippen LogP contribution in [0.3, 0.4) is 0 Å². The molecule has 1 aliphatic heterocycles. The Morgan fingerprint density at radius 1 is 1.45 bits per heavy atom. The molecule has 1 heterocycles. The average molecular weight is 297 g/mol. The number of ether oxygens (including phenoxy) is 2. The zero-order chi connectivity index (χ0) is 14.8. The van der Waals surface area contributed by atoms with E-state index in [1.165, 1.54) is 6.07 Å². The fourth-order valence-corrected chi connectivity index (χ4v) is 2.54. The molecule has 20 heavy (non-hydrogen) atoms. The van der Waals surface area contributed by atoms with Crippen LogP contribution < -0.4 is 5.73 Å². The minimum absolute atomic E-state index is 0.175. The summed E-state index contributed by atoms with van der Waals surface area (Å²) in [5, 5.41) is 0. The van der Waals surface area contributed by atoms with Gasteiger partial charge in [-0.05, 0) is 25.8 Å². The van der Waals surface area contributed by atoms with Crippen molar-refractivity contribution in [3.8, 4) is 0 Å². The number of hydrogen-bond donors (Lipinski definition) is 1. The fourth-order valence-electron chi connectivity index (χ4n) is 2.39. The first kappa shape index (κ1) is 15.4. The van der Waals surface area contributed by atoms with Gasteiger partial charge in [0.2, 0.25) is 0 Å². The van der Waals surface area contributed by atoms with Crippen molar-refractivity contribution in [1.82, 2.24) is 0 Å². The standard InChI is InChI=1S/C15H20FNO2S/c1-3-15(9-8-14(2,19-15)13(17)20)18-10-11-6-4-5-7-12(11)16/h4-7H,3,8-10H2,1-2H3,(H2,17,20). The maximum absolute atomic E-state index is 13.6. The van der Waals surface area contributed by atoms with Crippen LogP contribution in [0.15, 0.2) is 24.3 Å². The molecule has 2 atom stereocenters. The Morgan fingerprint density at radius 3 is 2.70 bits per heavy atom. The van der Waals surface area contributed by atoms with Crippen molar-refractivity contribution in [2.75, 3.05) is 0 Å². The highest BCUT2D eigenvalue weighted by Crippen LogP contribution is 2.41. The maximum atomic E-state index is 13.6. The lowest BCUT2D eigenvalue weighted by atomic mass is 10.0. The summed E-state index contributed by atoms with van der Waals surface area (Å²) in [7, 11) is 0. The summed E-state index contributed by atoms with van der Waals surface area (Å²) in [4.78, 5) is 0.335. The van der Waals surface area contributed by atoms with Gasteiger partial charge in [0.15, 0.2) is 5.79 Å². The predicted molar refractivity (Wildman–Crippen MR) is 79.7 cm³/mol. The molecule has 3 nitrogen and oxygen atoms in total. The molecular weight excluding hydrogens is 277 g/mol. The van der Waals surface area contributed by atoms with Gasteiger partial charge in [0, 0.05) is 12.0 Å². The number of nitrogens with two attached hydrogens (primary N) is 1. The van der Waals surface area contributed by atoms with Gasteiger partial charge in [-0.1, -0.05) is 37.3 Å². The molecule has 1 aliphatic rings. The molecule has 2 N–H and O–H groups in total. The summed E-state index contributed by atoms with van der Waals surface area (Å²) in [5.41, 5.74) is 5.61. The van der Waals surface area contributed by atoms with E-state index in [0.29, 0.717) is 29.8 Å². The Bertz CT molecular complexity index is 510. The quantitative estimate of drug-likeness (QED) is 0.847. The van der Waals surface area contributed by atoms with Crippen LogP contribution in [0.2, 0.25) is 0 Å². The van der Waals surface area contributed by atoms with Crippen molar-refractivity contribution in [3.05, 3.63) is 35.6 Å². The molecule has 0 spiro atoms. The number of benzene rings is 1. The first-order valence-corrected chi connectivity index (χ1v) is 7.19. The molecule has 0 amide bonds. The molecule has 1 aromatic carbocycles. The Labute approximate surface area is 124 Å². The van der Waals surface area contributed by atoms with E-state index in [9.17, 15) is 4.39 Å². The van der Waals surface area contributed by atoms with E-state index in [4.69, 9.17) is 27.4 Å². The van der Waals surface area contributed by atoms with Crippen molar-refractivity contribution in [2.24, 2.45) is 5.73 Å². The lowest BCUT2D eigenvalue weighted by Gasteiger charge is -2.32. The minimum atomic E-state index is -0.736. The summed E-state index contributed by atoms with van der Waals surface area (Å²) in [6.45, 7) is 4.03. The third-order valence-corrected chi connectivity index (χ3v) is 4.33. The van der Waals surface area contributed by atoms with Crippen molar-refractivity contribution in [3.63, 3.8) is 0 Å². The van der Waals surface area contributed by atoms with Crippen LogP contribution >= 0.6 is 12.2 Å².